The Hall–Kier alpha value is -2.55. The Morgan fingerprint density at radius 2 is 1.92 bits per heavy atom. The summed E-state index contributed by atoms with van der Waals surface area (Å²) in [6.45, 7) is 1.80. The molecule has 0 spiro atoms. The molecule has 0 amide bonds. The SMILES string of the molecule is CC(CS(C)(=O)=O)N(C)c1ccc2nnc(-c3ccccc3F)n2n1. The summed E-state index contributed by atoms with van der Waals surface area (Å²) in [6.07, 6.45) is 1.20. The number of fused-ring (bicyclic) bond motifs is 1. The molecule has 0 radical (unpaired) electrons. The van der Waals surface area contributed by atoms with E-state index in [0.717, 1.165) is 0 Å². The predicted molar refractivity (Wildman–Crippen MR) is 93.8 cm³/mol. The van der Waals surface area contributed by atoms with Crippen molar-refractivity contribution >= 4 is 21.3 Å². The van der Waals surface area contributed by atoms with E-state index in [1.807, 2.05) is 0 Å². The summed E-state index contributed by atoms with van der Waals surface area (Å²) >= 11 is 0. The predicted octanol–water partition coefficient (Wildman–Crippen LogP) is 1.80. The largest absolute Gasteiger partial charge is 0.355 e. The van der Waals surface area contributed by atoms with Crippen molar-refractivity contribution in [3.8, 4) is 11.4 Å². The molecule has 1 aromatic carbocycles. The van der Waals surface area contributed by atoms with Crippen molar-refractivity contribution in [3.05, 3.63) is 42.2 Å². The van der Waals surface area contributed by atoms with Crippen LogP contribution < -0.4 is 4.90 Å². The molecule has 132 valence electrons. The number of hydrogen-bond donors (Lipinski definition) is 0. The van der Waals surface area contributed by atoms with Crippen molar-refractivity contribution in [2.75, 3.05) is 24.0 Å². The molecular weight excluding hydrogens is 345 g/mol. The maximum absolute atomic E-state index is 14.1. The molecule has 2 heterocycles. The lowest BCUT2D eigenvalue weighted by molar-refractivity contribution is 0.592. The van der Waals surface area contributed by atoms with Crippen molar-refractivity contribution in [2.24, 2.45) is 0 Å². The van der Waals surface area contributed by atoms with E-state index in [4.69, 9.17) is 0 Å². The monoisotopic (exact) mass is 363 g/mol. The molecule has 3 aromatic rings. The van der Waals surface area contributed by atoms with Crippen molar-refractivity contribution in [1.82, 2.24) is 19.8 Å². The molecule has 1 unspecified atom stereocenters. The van der Waals surface area contributed by atoms with Crippen LogP contribution in [0, 0.1) is 5.82 Å². The van der Waals surface area contributed by atoms with Gasteiger partial charge in [-0.05, 0) is 31.2 Å². The summed E-state index contributed by atoms with van der Waals surface area (Å²) in [5, 5.41) is 12.5. The lowest BCUT2D eigenvalue weighted by Crippen LogP contribution is -2.35. The van der Waals surface area contributed by atoms with Gasteiger partial charge in [0.05, 0.1) is 11.3 Å². The van der Waals surface area contributed by atoms with Crippen LogP contribution in [0.5, 0.6) is 0 Å². The van der Waals surface area contributed by atoms with Gasteiger partial charge in [-0.15, -0.1) is 15.3 Å². The summed E-state index contributed by atoms with van der Waals surface area (Å²) < 4.78 is 38.5. The van der Waals surface area contributed by atoms with E-state index in [9.17, 15) is 12.8 Å². The van der Waals surface area contributed by atoms with Gasteiger partial charge in [0.25, 0.3) is 0 Å². The van der Waals surface area contributed by atoms with E-state index in [1.165, 1.54) is 16.8 Å². The summed E-state index contributed by atoms with van der Waals surface area (Å²) in [4.78, 5) is 1.76. The minimum absolute atomic E-state index is 0.00552. The topological polar surface area (TPSA) is 80.5 Å². The van der Waals surface area contributed by atoms with Crippen LogP contribution >= 0.6 is 0 Å². The molecule has 2 aromatic heterocycles. The number of nitrogens with zero attached hydrogens (tertiary/aromatic N) is 5. The first kappa shape index (κ1) is 17.3. The summed E-state index contributed by atoms with van der Waals surface area (Å²) in [5.41, 5.74) is 0.776. The fraction of sp³-hybridized carbons (Fsp3) is 0.312. The highest BCUT2D eigenvalue weighted by molar-refractivity contribution is 7.90. The molecule has 0 aliphatic rings. The van der Waals surface area contributed by atoms with E-state index < -0.39 is 15.7 Å². The van der Waals surface area contributed by atoms with Crippen molar-refractivity contribution < 1.29 is 12.8 Å². The van der Waals surface area contributed by atoms with Gasteiger partial charge in [0.15, 0.2) is 11.5 Å². The summed E-state index contributed by atoms with van der Waals surface area (Å²) in [5.74, 6) is 0.425. The molecule has 0 aliphatic carbocycles. The van der Waals surface area contributed by atoms with Gasteiger partial charge in [-0.3, -0.25) is 0 Å². The zero-order valence-electron chi connectivity index (χ0n) is 14.1. The lowest BCUT2D eigenvalue weighted by atomic mass is 10.2. The second-order valence-electron chi connectivity index (χ2n) is 6.02. The average Bonchev–Trinajstić information content (AvgIpc) is 2.96. The normalized spacial score (nSPS) is 13.1. The van der Waals surface area contributed by atoms with Crippen molar-refractivity contribution in [1.29, 1.82) is 0 Å². The Labute approximate surface area is 145 Å². The lowest BCUT2D eigenvalue weighted by Gasteiger charge is -2.25. The van der Waals surface area contributed by atoms with Gasteiger partial charge in [0.1, 0.15) is 21.5 Å². The Bertz CT molecular complexity index is 1020. The second-order valence-corrected chi connectivity index (χ2v) is 8.20. The quantitative estimate of drug-likeness (QED) is 0.688. The van der Waals surface area contributed by atoms with Crippen LogP contribution in [0.4, 0.5) is 10.2 Å². The Balaban J connectivity index is 2.02. The van der Waals surface area contributed by atoms with Crippen molar-refractivity contribution in [3.63, 3.8) is 0 Å². The first-order valence-electron chi connectivity index (χ1n) is 7.64. The first-order valence-corrected chi connectivity index (χ1v) is 9.70. The van der Waals surface area contributed by atoms with Gasteiger partial charge < -0.3 is 4.90 Å². The average molecular weight is 363 g/mol. The van der Waals surface area contributed by atoms with E-state index in [0.29, 0.717) is 22.9 Å². The Morgan fingerprint density at radius 3 is 2.60 bits per heavy atom. The van der Waals surface area contributed by atoms with E-state index in [1.54, 1.807) is 49.2 Å². The highest BCUT2D eigenvalue weighted by Gasteiger charge is 2.19. The molecule has 0 bridgehead atoms. The maximum atomic E-state index is 14.1. The third kappa shape index (κ3) is 3.60. The highest BCUT2D eigenvalue weighted by atomic mass is 32.2. The third-order valence-electron chi connectivity index (χ3n) is 3.93. The molecule has 0 saturated carbocycles. The minimum atomic E-state index is -3.12. The van der Waals surface area contributed by atoms with Gasteiger partial charge in [0, 0.05) is 19.3 Å². The van der Waals surface area contributed by atoms with E-state index >= 15 is 0 Å². The van der Waals surface area contributed by atoms with Crippen LogP contribution in [0.15, 0.2) is 36.4 Å². The van der Waals surface area contributed by atoms with Gasteiger partial charge in [0.2, 0.25) is 0 Å². The Morgan fingerprint density at radius 1 is 1.20 bits per heavy atom. The van der Waals surface area contributed by atoms with Crippen LogP contribution in [-0.4, -0.2) is 53.3 Å². The molecule has 9 heteroatoms. The zero-order chi connectivity index (χ0) is 18.2. The van der Waals surface area contributed by atoms with Crippen LogP contribution in [-0.2, 0) is 9.84 Å². The summed E-state index contributed by atoms with van der Waals surface area (Å²) in [7, 11) is -1.35. The fourth-order valence-electron chi connectivity index (χ4n) is 2.55. The molecule has 0 aliphatic heterocycles. The molecule has 25 heavy (non-hydrogen) atoms. The van der Waals surface area contributed by atoms with E-state index in [-0.39, 0.29) is 11.8 Å². The second kappa shape index (κ2) is 6.40. The number of benzene rings is 1. The van der Waals surface area contributed by atoms with Crippen LogP contribution in [0.1, 0.15) is 6.92 Å². The summed E-state index contributed by atoms with van der Waals surface area (Å²) in [6, 6.07) is 9.44. The van der Waals surface area contributed by atoms with Crippen molar-refractivity contribution in [2.45, 2.75) is 13.0 Å². The van der Waals surface area contributed by atoms with Gasteiger partial charge in [-0.25, -0.2) is 12.8 Å². The molecule has 1 atom stereocenters. The van der Waals surface area contributed by atoms with Crippen LogP contribution in [0.25, 0.3) is 17.0 Å². The standard InChI is InChI=1S/C16H18FN5O2S/c1-11(10-25(3,23)24)21(2)15-9-8-14-18-19-16(22(14)20-15)12-6-4-5-7-13(12)17/h4-9,11H,10H2,1-3H3. The minimum Gasteiger partial charge on any atom is -0.355 e. The number of sulfone groups is 1. The molecular formula is C16H18FN5O2S. The first-order chi connectivity index (χ1) is 11.8. The molecule has 0 saturated heterocycles. The molecule has 0 fully saturated rings. The van der Waals surface area contributed by atoms with Gasteiger partial charge >= 0.3 is 0 Å². The fourth-order valence-corrected chi connectivity index (χ4v) is 3.65. The molecule has 3 rings (SSSR count). The number of hydrogen-bond acceptors (Lipinski definition) is 6. The zero-order valence-corrected chi connectivity index (χ0v) is 14.9. The highest BCUT2D eigenvalue weighted by Crippen LogP contribution is 2.22. The molecule has 0 N–H and O–H groups in total. The van der Waals surface area contributed by atoms with Gasteiger partial charge in [-0.1, -0.05) is 12.1 Å². The third-order valence-corrected chi connectivity index (χ3v) is 5.02. The number of rotatable bonds is 5. The number of aromatic nitrogens is 4. The van der Waals surface area contributed by atoms with Crippen LogP contribution in [0.3, 0.4) is 0 Å². The molecule has 7 nitrogen and oxygen atoms in total. The number of halogens is 1. The van der Waals surface area contributed by atoms with Crippen LogP contribution in [0.2, 0.25) is 0 Å². The Kier molecular flexibility index (Phi) is 4.42. The smallest absolute Gasteiger partial charge is 0.188 e. The number of anilines is 1. The maximum Gasteiger partial charge on any atom is 0.188 e. The van der Waals surface area contributed by atoms with Gasteiger partial charge in [-0.2, -0.15) is 4.52 Å². The van der Waals surface area contributed by atoms with E-state index in [2.05, 4.69) is 15.3 Å².